The number of hydrogen-bond donors (Lipinski definition) is 1. The van der Waals surface area contributed by atoms with Crippen LogP contribution in [0.1, 0.15) is 59.8 Å². The van der Waals surface area contributed by atoms with Gasteiger partial charge in [0.2, 0.25) is 0 Å². The van der Waals surface area contributed by atoms with Crippen LogP contribution in [0.15, 0.2) is 0 Å². The van der Waals surface area contributed by atoms with Crippen LogP contribution in [-0.2, 0) is 0 Å². The van der Waals surface area contributed by atoms with Gasteiger partial charge in [0, 0.05) is 18.1 Å². The molecule has 0 amide bonds. The van der Waals surface area contributed by atoms with Crippen molar-refractivity contribution >= 4 is 0 Å². The summed E-state index contributed by atoms with van der Waals surface area (Å²) in [5.41, 5.74) is 0. The second kappa shape index (κ2) is 7.29. The van der Waals surface area contributed by atoms with Gasteiger partial charge in [-0.2, -0.15) is 0 Å². The Morgan fingerprint density at radius 2 is 2.00 bits per heavy atom. The van der Waals surface area contributed by atoms with Gasteiger partial charge in [-0.05, 0) is 59.0 Å². The van der Waals surface area contributed by atoms with Crippen molar-refractivity contribution < 1.29 is 0 Å². The van der Waals surface area contributed by atoms with E-state index in [0.717, 1.165) is 18.1 Å². The lowest BCUT2D eigenvalue weighted by Crippen LogP contribution is -2.42. The summed E-state index contributed by atoms with van der Waals surface area (Å²) in [6.07, 6.45) is 6.65. The topological polar surface area (TPSA) is 15.3 Å². The van der Waals surface area contributed by atoms with E-state index in [1.165, 1.54) is 45.2 Å². The third kappa shape index (κ3) is 3.74. The van der Waals surface area contributed by atoms with Crippen molar-refractivity contribution in [3.05, 3.63) is 0 Å². The summed E-state index contributed by atoms with van der Waals surface area (Å²) in [7, 11) is 0. The number of nitrogens with zero attached hydrogens (tertiary/aromatic N) is 1. The smallest absolute Gasteiger partial charge is 0.00988 e. The minimum atomic E-state index is 0.742. The summed E-state index contributed by atoms with van der Waals surface area (Å²) in [6, 6.07) is 2.38. The van der Waals surface area contributed by atoms with Crippen LogP contribution in [0.4, 0.5) is 0 Å². The summed E-state index contributed by atoms with van der Waals surface area (Å²) in [4.78, 5) is 2.76. The van der Waals surface area contributed by atoms with Gasteiger partial charge in [0.15, 0.2) is 0 Å². The van der Waals surface area contributed by atoms with E-state index < -0.39 is 0 Å². The maximum Gasteiger partial charge on any atom is 0.00988 e. The second-order valence-electron chi connectivity index (χ2n) is 5.32. The quantitative estimate of drug-likeness (QED) is 0.671. The number of nitrogens with one attached hydrogen (secondary N) is 1. The van der Waals surface area contributed by atoms with Gasteiger partial charge in [0.25, 0.3) is 0 Å². The van der Waals surface area contributed by atoms with Crippen molar-refractivity contribution in [2.24, 2.45) is 0 Å². The zero-order chi connectivity index (χ0) is 12.0. The average Bonchev–Trinajstić information content (AvgIpc) is 2.65. The Balaban J connectivity index is 2.30. The summed E-state index contributed by atoms with van der Waals surface area (Å²) in [6.45, 7) is 11.7. The van der Waals surface area contributed by atoms with Crippen LogP contribution in [-0.4, -0.2) is 36.1 Å². The summed E-state index contributed by atoms with van der Waals surface area (Å²) in [5, 5.41) is 3.51. The number of rotatable bonds is 7. The van der Waals surface area contributed by atoms with Crippen LogP contribution in [0.3, 0.4) is 0 Å². The molecular weight excluding hydrogens is 196 g/mol. The lowest BCUT2D eigenvalue weighted by atomic mass is 10.1. The summed E-state index contributed by atoms with van der Waals surface area (Å²) < 4.78 is 0. The number of hydrogen-bond acceptors (Lipinski definition) is 2. The predicted molar refractivity (Wildman–Crippen MR) is 71.9 cm³/mol. The van der Waals surface area contributed by atoms with E-state index in [0.29, 0.717) is 0 Å². The van der Waals surface area contributed by atoms with Gasteiger partial charge in [-0.25, -0.2) is 0 Å². The zero-order valence-electron chi connectivity index (χ0n) is 11.6. The van der Waals surface area contributed by atoms with Gasteiger partial charge in [0.05, 0.1) is 0 Å². The minimum absolute atomic E-state index is 0.742. The molecule has 0 aromatic heterocycles. The monoisotopic (exact) mass is 226 g/mol. The molecule has 16 heavy (non-hydrogen) atoms. The molecule has 3 unspecified atom stereocenters. The van der Waals surface area contributed by atoms with Gasteiger partial charge in [0.1, 0.15) is 0 Å². The van der Waals surface area contributed by atoms with Gasteiger partial charge in [-0.3, -0.25) is 4.90 Å². The largest absolute Gasteiger partial charge is 0.317 e. The normalized spacial score (nSPS) is 28.5. The molecule has 1 saturated heterocycles. The highest BCUT2D eigenvalue weighted by atomic mass is 15.2. The van der Waals surface area contributed by atoms with Crippen molar-refractivity contribution in [2.45, 2.75) is 77.9 Å². The van der Waals surface area contributed by atoms with Gasteiger partial charge in [-0.1, -0.05) is 13.8 Å². The standard InChI is InChI=1S/C14H30N2/c1-5-10-15-11-9-13(4)16-12(3)7-8-14(16)6-2/h12-15H,5-11H2,1-4H3. The van der Waals surface area contributed by atoms with Crippen LogP contribution in [0, 0.1) is 0 Å². The lowest BCUT2D eigenvalue weighted by molar-refractivity contribution is 0.136. The van der Waals surface area contributed by atoms with E-state index in [1.807, 2.05) is 0 Å². The zero-order valence-corrected chi connectivity index (χ0v) is 11.6. The Kier molecular flexibility index (Phi) is 6.37. The van der Waals surface area contributed by atoms with E-state index in [-0.39, 0.29) is 0 Å². The number of likely N-dealkylation sites (tertiary alicyclic amines) is 1. The second-order valence-corrected chi connectivity index (χ2v) is 5.32. The van der Waals surface area contributed by atoms with E-state index in [1.54, 1.807) is 0 Å². The SMILES string of the molecule is CCCNCCC(C)N1C(C)CCC1CC. The summed E-state index contributed by atoms with van der Waals surface area (Å²) >= 11 is 0. The van der Waals surface area contributed by atoms with E-state index >= 15 is 0 Å². The fourth-order valence-corrected chi connectivity index (χ4v) is 3.06. The van der Waals surface area contributed by atoms with Gasteiger partial charge in [-0.15, -0.1) is 0 Å². The minimum Gasteiger partial charge on any atom is -0.317 e. The van der Waals surface area contributed by atoms with Crippen molar-refractivity contribution in [3.63, 3.8) is 0 Å². The molecule has 1 rings (SSSR count). The lowest BCUT2D eigenvalue weighted by Gasteiger charge is -2.34. The van der Waals surface area contributed by atoms with Crippen molar-refractivity contribution in [3.8, 4) is 0 Å². The highest BCUT2D eigenvalue weighted by Crippen LogP contribution is 2.28. The first kappa shape index (κ1) is 14.0. The molecule has 2 heteroatoms. The average molecular weight is 226 g/mol. The molecule has 0 bridgehead atoms. The van der Waals surface area contributed by atoms with Gasteiger partial charge >= 0.3 is 0 Å². The first-order chi connectivity index (χ1) is 7.70. The molecular formula is C14H30N2. The third-order valence-corrected chi connectivity index (χ3v) is 3.99. The van der Waals surface area contributed by atoms with E-state index in [4.69, 9.17) is 0 Å². The molecule has 1 heterocycles. The van der Waals surface area contributed by atoms with Crippen LogP contribution in [0.5, 0.6) is 0 Å². The fourth-order valence-electron chi connectivity index (χ4n) is 3.06. The molecule has 0 saturated carbocycles. The Morgan fingerprint density at radius 1 is 1.25 bits per heavy atom. The van der Waals surface area contributed by atoms with Crippen LogP contribution in [0.2, 0.25) is 0 Å². The van der Waals surface area contributed by atoms with E-state index in [2.05, 4.69) is 37.9 Å². The molecule has 1 fully saturated rings. The first-order valence-electron chi connectivity index (χ1n) is 7.18. The fraction of sp³-hybridized carbons (Fsp3) is 1.00. The molecule has 0 spiro atoms. The van der Waals surface area contributed by atoms with Crippen LogP contribution < -0.4 is 5.32 Å². The molecule has 96 valence electrons. The molecule has 0 aromatic carbocycles. The maximum atomic E-state index is 3.51. The molecule has 2 nitrogen and oxygen atoms in total. The van der Waals surface area contributed by atoms with Gasteiger partial charge < -0.3 is 5.32 Å². The van der Waals surface area contributed by atoms with Crippen molar-refractivity contribution in [1.29, 1.82) is 0 Å². The molecule has 0 aliphatic carbocycles. The molecule has 0 aromatic rings. The molecule has 1 N–H and O–H groups in total. The van der Waals surface area contributed by atoms with Crippen LogP contribution >= 0.6 is 0 Å². The van der Waals surface area contributed by atoms with Crippen molar-refractivity contribution in [2.75, 3.05) is 13.1 Å². The predicted octanol–water partition coefficient (Wildman–Crippen LogP) is 3.03. The molecule has 0 radical (unpaired) electrons. The first-order valence-corrected chi connectivity index (χ1v) is 7.18. The van der Waals surface area contributed by atoms with Crippen LogP contribution in [0.25, 0.3) is 0 Å². The Labute approximate surface area is 102 Å². The summed E-state index contributed by atoms with van der Waals surface area (Å²) in [5.74, 6) is 0. The Bertz CT molecular complexity index is 182. The molecule has 1 aliphatic heterocycles. The molecule has 1 aliphatic rings. The Hall–Kier alpha value is -0.0800. The molecule has 3 atom stereocenters. The Morgan fingerprint density at radius 3 is 2.62 bits per heavy atom. The van der Waals surface area contributed by atoms with E-state index in [9.17, 15) is 0 Å². The third-order valence-electron chi connectivity index (χ3n) is 3.99. The maximum absolute atomic E-state index is 3.51. The highest BCUT2D eigenvalue weighted by Gasteiger charge is 2.32. The highest BCUT2D eigenvalue weighted by molar-refractivity contribution is 4.87. The van der Waals surface area contributed by atoms with Crippen molar-refractivity contribution in [1.82, 2.24) is 10.2 Å².